The van der Waals surface area contributed by atoms with Crippen molar-refractivity contribution < 1.29 is 0 Å². The summed E-state index contributed by atoms with van der Waals surface area (Å²) < 4.78 is 0. The van der Waals surface area contributed by atoms with Crippen molar-refractivity contribution >= 4 is 11.3 Å². The Hall–Kier alpha value is -3.01. The normalized spacial score (nSPS) is 11.8. The Bertz CT molecular complexity index is 696. The summed E-state index contributed by atoms with van der Waals surface area (Å²) >= 11 is 0. The van der Waals surface area contributed by atoms with Gasteiger partial charge in [0.1, 0.15) is 12.7 Å². The van der Waals surface area contributed by atoms with Gasteiger partial charge in [0, 0.05) is 0 Å². The van der Waals surface area contributed by atoms with Gasteiger partial charge in [-0.15, -0.1) is 0 Å². The Morgan fingerprint density at radius 1 is 0.714 bits per heavy atom. The molecule has 0 radical (unpaired) electrons. The van der Waals surface area contributed by atoms with E-state index in [1.54, 1.807) is 0 Å². The first-order valence-corrected chi connectivity index (χ1v) is 6.59. The predicted molar refractivity (Wildman–Crippen MR) is 82.8 cm³/mol. The van der Waals surface area contributed by atoms with Crippen molar-refractivity contribution in [3.05, 3.63) is 90.3 Å². The topological polar surface area (TPSA) is 64.7 Å². The van der Waals surface area contributed by atoms with Gasteiger partial charge in [-0.05, 0) is 11.1 Å². The molecule has 3 rings (SSSR count). The molecule has 0 bridgehead atoms. The van der Waals surface area contributed by atoms with Gasteiger partial charge in [-0.2, -0.15) is 0 Å². The summed E-state index contributed by atoms with van der Waals surface area (Å²) in [5, 5.41) is 0. The molecule has 21 heavy (non-hydrogen) atoms. The summed E-state index contributed by atoms with van der Waals surface area (Å²) in [7, 11) is 0. The molecule has 3 aromatic rings. The minimum atomic E-state index is 0.567. The van der Waals surface area contributed by atoms with Crippen molar-refractivity contribution in [2.45, 2.75) is 0 Å². The van der Waals surface area contributed by atoms with Gasteiger partial charge in [-0.3, -0.25) is 0 Å². The van der Waals surface area contributed by atoms with Crippen LogP contribution in [0.3, 0.4) is 0 Å². The van der Waals surface area contributed by atoms with Crippen LogP contribution in [0.4, 0.5) is 0 Å². The Morgan fingerprint density at radius 3 is 1.81 bits per heavy atom. The van der Waals surface area contributed by atoms with Gasteiger partial charge in [0.05, 0.1) is 11.3 Å². The zero-order valence-corrected chi connectivity index (χ0v) is 11.3. The maximum atomic E-state index is 6.38. The molecule has 0 saturated carbocycles. The molecule has 4 heteroatoms. The SMILES string of the molecule is NC(=C(c1ccccc1)c1ncncn1)c1ccccc1. The molecule has 1 heterocycles. The van der Waals surface area contributed by atoms with E-state index >= 15 is 0 Å². The van der Waals surface area contributed by atoms with E-state index in [4.69, 9.17) is 5.73 Å². The lowest BCUT2D eigenvalue weighted by molar-refractivity contribution is 1.02. The highest BCUT2D eigenvalue weighted by Crippen LogP contribution is 2.26. The minimum Gasteiger partial charge on any atom is -0.398 e. The minimum absolute atomic E-state index is 0.567. The molecule has 0 aliphatic rings. The molecule has 102 valence electrons. The van der Waals surface area contributed by atoms with E-state index in [9.17, 15) is 0 Å². The number of nitrogens with zero attached hydrogens (tertiary/aromatic N) is 3. The van der Waals surface area contributed by atoms with Crippen LogP contribution in [-0.4, -0.2) is 15.0 Å². The fourth-order valence-electron chi connectivity index (χ4n) is 2.14. The molecular formula is C17H14N4. The van der Waals surface area contributed by atoms with Crippen LogP contribution >= 0.6 is 0 Å². The van der Waals surface area contributed by atoms with E-state index in [-0.39, 0.29) is 0 Å². The lowest BCUT2D eigenvalue weighted by Crippen LogP contribution is -2.05. The average Bonchev–Trinajstić information content (AvgIpc) is 2.58. The molecule has 0 unspecified atom stereocenters. The standard InChI is InChI=1S/C17H14N4/c18-16(14-9-5-2-6-10-14)15(13-7-3-1-4-8-13)17-20-11-19-12-21-17/h1-12H,18H2. The number of rotatable bonds is 3. The first-order chi connectivity index (χ1) is 10.4. The predicted octanol–water partition coefficient (Wildman–Crippen LogP) is 2.75. The third-order valence-corrected chi connectivity index (χ3v) is 3.13. The molecule has 0 spiro atoms. The fourth-order valence-corrected chi connectivity index (χ4v) is 2.14. The third-order valence-electron chi connectivity index (χ3n) is 3.13. The molecule has 0 saturated heterocycles. The highest BCUT2D eigenvalue weighted by molar-refractivity contribution is 5.95. The van der Waals surface area contributed by atoms with Crippen LogP contribution in [0, 0.1) is 0 Å². The summed E-state index contributed by atoms with van der Waals surface area (Å²) in [5.74, 6) is 0.567. The second-order valence-electron chi connectivity index (χ2n) is 4.48. The van der Waals surface area contributed by atoms with Crippen molar-refractivity contribution in [2.75, 3.05) is 0 Å². The number of hydrogen-bond acceptors (Lipinski definition) is 4. The van der Waals surface area contributed by atoms with Crippen molar-refractivity contribution in [3.63, 3.8) is 0 Å². The van der Waals surface area contributed by atoms with Crippen LogP contribution < -0.4 is 5.73 Å². The van der Waals surface area contributed by atoms with Gasteiger partial charge < -0.3 is 5.73 Å². The Kier molecular flexibility index (Phi) is 3.69. The Balaban J connectivity index is 2.22. The molecule has 0 aliphatic heterocycles. The van der Waals surface area contributed by atoms with Crippen molar-refractivity contribution in [3.8, 4) is 0 Å². The van der Waals surface area contributed by atoms with Gasteiger partial charge in [0.2, 0.25) is 0 Å². The monoisotopic (exact) mass is 274 g/mol. The number of nitrogens with two attached hydrogens (primary N) is 1. The average molecular weight is 274 g/mol. The summed E-state index contributed by atoms with van der Waals surface area (Å²) in [6.07, 6.45) is 2.95. The molecule has 0 amide bonds. The van der Waals surface area contributed by atoms with Crippen LogP contribution in [0.15, 0.2) is 73.3 Å². The fraction of sp³-hybridized carbons (Fsp3) is 0. The van der Waals surface area contributed by atoms with Crippen molar-refractivity contribution in [2.24, 2.45) is 5.73 Å². The molecule has 0 atom stereocenters. The first-order valence-electron chi connectivity index (χ1n) is 6.59. The summed E-state index contributed by atoms with van der Waals surface area (Å²) in [4.78, 5) is 12.4. The number of aromatic nitrogens is 3. The van der Waals surface area contributed by atoms with Crippen LogP contribution in [-0.2, 0) is 0 Å². The lowest BCUT2D eigenvalue weighted by atomic mass is 9.99. The van der Waals surface area contributed by atoms with Gasteiger partial charge in [-0.1, -0.05) is 60.7 Å². The maximum Gasteiger partial charge on any atom is 0.165 e. The second kappa shape index (κ2) is 5.96. The first kappa shape index (κ1) is 13.0. The van der Waals surface area contributed by atoms with E-state index in [2.05, 4.69) is 15.0 Å². The summed E-state index contributed by atoms with van der Waals surface area (Å²) in [5.41, 5.74) is 9.76. The van der Waals surface area contributed by atoms with Crippen LogP contribution in [0.5, 0.6) is 0 Å². The molecule has 1 aromatic heterocycles. The van der Waals surface area contributed by atoms with E-state index < -0.39 is 0 Å². The van der Waals surface area contributed by atoms with Gasteiger partial charge in [0.15, 0.2) is 5.82 Å². The number of hydrogen-bond donors (Lipinski definition) is 1. The Morgan fingerprint density at radius 2 is 1.24 bits per heavy atom. The van der Waals surface area contributed by atoms with Gasteiger partial charge >= 0.3 is 0 Å². The molecule has 0 aliphatic carbocycles. The molecule has 0 fully saturated rings. The second-order valence-corrected chi connectivity index (χ2v) is 4.48. The quantitative estimate of drug-likeness (QED) is 0.746. The zero-order chi connectivity index (χ0) is 14.5. The van der Waals surface area contributed by atoms with Gasteiger partial charge in [-0.25, -0.2) is 15.0 Å². The zero-order valence-electron chi connectivity index (χ0n) is 11.3. The van der Waals surface area contributed by atoms with Crippen LogP contribution in [0.25, 0.3) is 11.3 Å². The molecular weight excluding hydrogens is 260 g/mol. The summed E-state index contributed by atoms with van der Waals surface area (Å²) in [6, 6.07) is 19.7. The third kappa shape index (κ3) is 2.79. The number of benzene rings is 2. The lowest BCUT2D eigenvalue weighted by Gasteiger charge is -2.11. The molecule has 2 aromatic carbocycles. The van der Waals surface area contributed by atoms with E-state index in [1.807, 2.05) is 60.7 Å². The highest BCUT2D eigenvalue weighted by atomic mass is 15.0. The van der Waals surface area contributed by atoms with Crippen molar-refractivity contribution in [1.82, 2.24) is 15.0 Å². The van der Waals surface area contributed by atoms with Crippen molar-refractivity contribution in [1.29, 1.82) is 0 Å². The van der Waals surface area contributed by atoms with E-state index in [0.29, 0.717) is 11.5 Å². The van der Waals surface area contributed by atoms with Crippen LogP contribution in [0.2, 0.25) is 0 Å². The molecule has 2 N–H and O–H groups in total. The maximum absolute atomic E-state index is 6.38. The largest absolute Gasteiger partial charge is 0.398 e. The van der Waals surface area contributed by atoms with Crippen LogP contribution in [0.1, 0.15) is 17.0 Å². The van der Waals surface area contributed by atoms with E-state index in [0.717, 1.165) is 16.7 Å². The smallest absolute Gasteiger partial charge is 0.165 e. The highest BCUT2D eigenvalue weighted by Gasteiger charge is 2.13. The van der Waals surface area contributed by atoms with E-state index in [1.165, 1.54) is 12.7 Å². The summed E-state index contributed by atoms with van der Waals surface area (Å²) in [6.45, 7) is 0. The Labute approximate surface area is 123 Å². The van der Waals surface area contributed by atoms with Gasteiger partial charge in [0.25, 0.3) is 0 Å². The molecule has 4 nitrogen and oxygen atoms in total.